The first-order chi connectivity index (χ1) is 6.56. The van der Waals surface area contributed by atoms with Crippen LogP contribution in [-0.4, -0.2) is 18.0 Å². The maximum absolute atomic E-state index is 11.5. The molecule has 1 amide bonds. The van der Waals surface area contributed by atoms with Gasteiger partial charge in [-0.05, 0) is 31.1 Å². The minimum atomic E-state index is -0.335. The van der Waals surface area contributed by atoms with Gasteiger partial charge in [-0.25, -0.2) is 0 Å². The number of nitrogens with one attached hydrogen (secondary N) is 1. The fraction of sp³-hybridized carbons (Fsp3) is 0.909. The Bertz CT molecular complexity index is 205. The van der Waals surface area contributed by atoms with Crippen LogP contribution in [0.1, 0.15) is 40.0 Å². The molecule has 0 radical (unpaired) electrons. The van der Waals surface area contributed by atoms with E-state index in [4.69, 9.17) is 5.73 Å². The van der Waals surface area contributed by atoms with Crippen LogP contribution in [-0.2, 0) is 4.79 Å². The van der Waals surface area contributed by atoms with Crippen LogP contribution in [0.4, 0.5) is 0 Å². The average Bonchev–Trinajstić information content (AvgIpc) is 2.48. The molecule has 3 N–H and O–H groups in total. The third-order valence-electron chi connectivity index (χ3n) is 3.57. The molecule has 0 spiro atoms. The molecular weight excluding hydrogens is 176 g/mol. The van der Waals surface area contributed by atoms with Gasteiger partial charge in [-0.2, -0.15) is 0 Å². The minimum absolute atomic E-state index is 0.0125. The fourth-order valence-electron chi connectivity index (χ4n) is 2.04. The number of rotatable bonds is 3. The summed E-state index contributed by atoms with van der Waals surface area (Å²) in [5.74, 6) is 1.32. The Hall–Kier alpha value is -0.570. The molecular formula is C11H22N2O. The van der Waals surface area contributed by atoms with Gasteiger partial charge < -0.3 is 11.1 Å². The smallest absolute Gasteiger partial charge is 0.237 e. The molecule has 1 aliphatic rings. The van der Waals surface area contributed by atoms with Gasteiger partial charge in [0.25, 0.3) is 0 Å². The summed E-state index contributed by atoms with van der Waals surface area (Å²) in [6, 6.07) is 0.00760. The van der Waals surface area contributed by atoms with Crippen LogP contribution in [0.15, 0.2) is 0 Å². The quantitative estimate of drug-likeness (QED) is 0.717. The largest absolute Gasteiger partial charge is 0.352 e. The predicted molar refractivity (Wildman–Crippen MR) is 57.8 cm³/mol. The highest BCUT2D eigenvalue weighted by molar-refractivity contribution is 5.81. The molecule has 3 nitrogen and oxygen atoms in total. The van der Waals surface area contributed by atoms with E-state index in [-0.39, 0.29) is 11.9 Å². The van der Waals surface area contributed by atoms with Crippen LogP contribution < -0.4 is 11.1 Å². The summed E-state index contributed by atoms with van der Waals surface area (Å²) in [6.07, 6.45) is 3.03. The molecule has 3 heteroatoms. The lowest BCUT2D eigenvalue weighted by Gasteiger charge is -2.21. The van der Waals surface area contributed by atoms with E-state index in [1.54, 1.807) is 0 Å². The summed E-state index contributed by atoms with van der Waals surface area (Å²) in [5.41, 5.74) is 5.66. The fourth-order valence-corrected chi connectivity index (χ4v) is 2.04. The number of hydrogen-bond acceptors (Lipinski definition) is 2. The minimum Gasteiger partial charge on any atom is -0.352 e. The first-order valence-electron chi connectivity index (χ1n) is 5.62. The van der Waals surface area contributed by atoms with Crippen molar-refractivity contribution >= 4 is 5.91 Å². The van der Waals surface area contributed by atoms with Crippen LogP contribution in [0, 0.1) is 11.8 Å². The Morgan fingerprint density at radius 3 is 2.57 bits per heavy atom. The van der Waals surface area contributed by atoms with Crippen molar-refractivity contribution in [1.82, 2.24) is 5.32 Å². The van der Waals surface area contributed by atoms with E-state index in [9.17, 15) is 4.79 Å². The van der Waals surface area contributed by atoms with Gasteiger partial charge in [0.2, 0.25) is 5.91 Å². The maximum atomic E-state index is 11.5. The molecule has 14 heavy (non-hydrogen) atoms. The number of amides is 1. The van der Waals surface area contributed by atoms with Gasteiger partial charge in [0.05, 0.1) is 6.04 Å². The first kappa shape index (κ1) is 11.5. The van der Waals surface area contributed by atoms with Crippen LogP contribution >= 0.6 is 0 Å². The zero-order chi connectivity index (χ0) is 10.7. The van der Waals surface area contributed by atoms with Gasteiger partial charge in [-0.1, -0.05) is 20.8 Å². The molecule has 0 bridgehead atoms. The molecule has 0 aromatic rings. The van der Waals surface area contributed by atoms with Gasteiger partial charge in [0.1, 0.15) is 0 Å². The Labute approximate surface area is 86.4 Å². The SMILES string of the molecule is CC[C@@H](N)C(=O)NC1CCC(C)C1C. The molecule has 1 fully saturated rings. The molecule has 82 valence electrons. The molecule has 0 aromatic carbocycles. The Kier molecular flexibility index (Phi) is 3.93. The van der Waals surface area contributed by atoms with Crippen molar-refractivity contribution in [1.29, 1.82) is 0 Å². The van der Waals surface area contributed by atoms with Crippen LogP contribution in [0.3, 0.4) is 0 Å². The molecule has 0 heterocycles. The second kappa shape index (κ2) is 4.78. The zero-order valence-corrected chi connectivity index (χ0v) is 9.42. The summed E-state index contributed by atoms with van der Waals surface area (Å²) in [5, 5.41) is 3.05. The second-order valence-corrected chi connectivity index (χ2v) is 4.54. The van der Waals surface area contributed by atoms with Crippen LogP contribution in [0.5, 0.6) is 0 Å². The van der Waals surface area contributed by atoms with E-state index in [1.807, 2.05) is 6.92 Å². The van der Waals surface area contributed by atoms with Gasteiger partial charge in [-0.3, -0.25) is 4.79 Å². The molecule has 1 aliphatic carbocycles. The second-order valence-electron chi connectivity index (χ2n) is 4.54. The van der Waals surface area contributed by atoms with Crippen molar-refractivity contribution in [3.63, 3.8) is 0 Å². The van der Waals surface area contributed by atoms with Crippen molar-refractivity contribution in [2.24, 2.45) is 17.6 Å². The van der Waals surface area contributed by atoms with Crippen molar-refractivity contribution in [2.75, 3.05) is 0 Å². The van der Waals surface area contributed by atoms with E-state index in [1.165, 1.54) is 6.42 Å². The summed E-state index contributed by atoms with van der Waals surface area (Å²) in [7, 11) is 0. The van der Waals surface area contributed by atoms with Crippen molar-refractivity contribution < 1.29 is 4.79 Å². The molecule has 1 saturated carbocycles. The third-order valence-corrected chi connectivity index (χ3v) is 3.57. The highest BCUT2D eigenvalue weighted by Gasteiger charge is 2.31. The summed E-state index contributed by atoms with van der Waals surface area (Å²) >= 11 is 0. The molecule has 1 rings (SSSR count). The molecule has 3 unspecified atom stereocenters. The Balaban J connectivity index is 2.41. The summed E-state index contributed by atoms with van der Waals surface area (Å²) in [6.45, 7) is 6.39. The summed E-state index contributed by atoms with van der Waals surface area (Å²) < 4.78 is 0. The average molecular weight is 198 g/mol. The molecule has 0 aliphatic heterocycles. The van der Waals surface area contributed by atoms with Gasteiger partial charge in [0, 0.05) is 6.04 Å². The van der Waals surface area contributed by atoms with Crippen molar-refractivity contribution in [3.8, 4) is 0 Å². The molecule has 0 aromatic heterocycles. The normalized spacial score (nSPS) is 34.1. The topological polar surface area (TPSA) is 55.1 Å². The van der Waals surface area contributed by atoms with E-state index < -0.39 is 0 Å². The lowest BCUT2D eigenvalue weighted by Crippen LogP contribution is -2.46. The summed E-state index contributed by atoms with van der Waals surface area (Å²) in [4.78, 5) is 11.5. The number of carbonyl (C=O) groups is 1. The van der Waals surface area contributed by atoms with E-state index in [0.29, 0.717) is 18.4 Å². The number of hydrogen-bond donors (Lipinski definition) is 2. The lowest BCUT2D eigenvalue weighted by molar-refractivity contribution is -0.123. The van der Waals surface area contributed by atoms with E-state index >= 15 is 0 Å². The van der Waals surface area contributed by atoms with E-state index in [0.717, 1.165) is 12.3 Å². The Morgan fingerprint density at radius 2 is 2.14 bits per heavy atom. The van der Waals surface area contributed by atoms with Crippen molar-refractivity contribution in [3.05, 3.63) is 0 Å². The van der Waals surface area contributed by atoms with Gasteiger partial charge >= 0.3 is 0 Å². The van der Waals surface area contributed by atoms with Gasteiger partial charge in [0.15, 0.2) is 0 Å². The van der Waals surface area contributed by atoms with Gasteiger partial charge in [-0.15, -0.1) is 0 Å². The molecule has 4 atom stereocenters. The van der Waals surface area contributed by atoms with E-state index in [2.05, 4.69) is 19.2 Å². The predicted octanol–water partition coefficient (Wildman–Crippen LogP) is 1.27. The Morgan fingerprint density at radius 1 is 1.50 bits per heavy atom. The third kappa shape index (κ3) is 2.47. The maximum Gasteiger partial charge on any atom is 0.237 e. The van der Waals surface area contributed by atoms with Crippen molar-refractivity contribution in [2.45, 2.75) is 52.1 Å². The standard InChI is InChI=1S/C11H22N2O/c1-4-9(12)11(14)13-10-6-5-7(2)8(10)3/h7-10H,4-6,12H2,1-3H3,(H,13,14)/t7?,8?,9-,10?/m1/s1. The first-order valence-corrected chi connectivity index (χ1v) is 5.62. The van der Waals surface area contributed by atoms with Crippen LogP contribution in [0.2, 0.25) is 0 Å². The number of nitrogens with two attached hydrogens (primary N) is 1. The zero-order valence-electron chi connectivity index (χ0n) is 9.42. The lowest BCUT2D eigenvalue weighted by atomic mass is 9.97. The highest BCUT2D eigenvalue weighted by Crippen LogP contribution is 2.30. The highest BCUT2D eigenvalue weighted by atomic mass is 16.2. The molecule has 0 saturated heterocycles. The van der Waals surface area contributed by atoms with Crippen LogP contribution in [0.25, 0.3) is 0 Å². The number of carbonyl (C=O) groups excluding carboxylic acids is 1. The monoisotopic (exact) mass is 198 g/mol.